The normalized spacial score (nSPS) is 10.1. The van der Waals surface area contributed by atoms with Gasteiger partial charge in [0.05, 0.1) is 4.92 Å². The number of nitrogens with one attached hydrogen (secondary N) is 1. The predicted molar refractivity (Wildman–Crippen MR) is 75.4 cm³/mol. The van der Waals surface area contributed by atoms with Crippen LogP contribution in [0.2, 0.25) is 0 Å². The van der Waals surface area contributed by atoms with E-state index < -0.39 is 4.92 Å². The van der Waals surface area contributed by atoms with Crippen LogP contribution < -0.4 is 5.32 Å². The van der Waals surface area contributed by atoms with Gasteiger partial charge in [-0.15, -0.1) is 0 Å². The highest BCUT2D eigenvalue weighted by Gasteiger charge is 2.09. The molecule has 0 atom stereocenters. The third-order valence-electron chi connectivity index (χ3n) is 2.88. The molecule has 2 rings (SSSR count). The van der Waals surface area contributed by atoms with E-state index in [1.54, 1.807) is 0 Å². The van der Waals surface area contributed by atoms with Crippen molar-refractivity contribution in [2.45, 2.75) is 13.5 Å². The zero-order chi connectivity index (χ0) is 14.5. The number of rotatable bonds is 4. The molecule has 20 heavy (non-hydrogen) atoms. The summed E-state index contributed by atoms with van der Waals surface area (Å²) in [4.78, 5) is 21.9. The van der Waals surface area contributed by atoms with Crippen molar-refractivity contribution >= 4 is 11.6 Å². The van der Waals surface area contributed by atoms with Gasteiger partial charge in [0.25, 0.3) is 11.6 Å². The quantitative estimate of drug-likeness (QED) is 0.685. The molecule has 0 fully saturated rings. The molecular weight excluding hydrogens is 256 g/mol. The van der Waals surface area contributed by atoms with Crippen LogP contribution in [0.4, 0.5) is 5.69 Å². The molecule has 1 amide bonds. The molecule has 0 unspecified atom stereocenters. The Morgan fingerprint density at radius 1 is 1.20 bits per heavy atom. The lowest BCUT2D eigenvalue weighted by atomic mass is 10.1. The first-order valence-electron chi connectivity index (χ1n) is 6.14. The van der Waals surface area contributed by atoms with Crippen LogP contribution >= 0.6 is 0 Å². The largest absolute Gasteiger partial charge is 0.348 e. The van der Waals surface area contributed by atoms with Gasteiger partial charge in [-0.25, -0.2) is 0 Å². The number of amides is 1. The van der Waals surface area contributed by atoms with Gasteiger partial charge in [0.2, 0.25) is 0 Å². The van der Waals surface area contributed by atoms with E-state index in [4.69, 9.17) is 0 Å². The summed E-state index contributed by atoms with van der Waals surface area (Å²) in [5, 5.41) is 13.3. The first-order chi connectivity index (χ1) is 9.56. The smallest absolute Gasteiger partial charge is 0.269 e. The molecular formula is C15H14N2O3. The van der Waals surface area contributed by atoms with Crippen LogP contribution in [0.3, 0.4) is 0 Å². The number of carbonyl (C=O) groups is 1. The van der Waals surface area contributed by atoms with Crippen molar-refractivity contribution in [3.63, 3.8) is 0 Å². The molecule has 0 aliphatic carbocycles. The van der Waals surface area contributed by atoms with Crippen molar-refractivity contribution in [2.75, 3.05) is 0 Å². The van der Waals surface area contributed by atoms with Crippen molar-refractivity contribution in [1.82, 2.24) is 5.32 Å². The number of nitro benzene ring substituents is 1. The summed E-state index contributed by atoms with van der Waals surface area (Å²) in [6, 6.07) is 13.4. The topological polar surface area (TPSA) is 72.2 Å². The Kier molecular flexibility index (Phi) is 4.10. The van der Waals surface area contributed by atoms with Gasteiger partial charge in [-0.2, -0.15) is 0 Å². The van der Waals surface area contributed by atoms with Crippen molar-refractivity contribution < 1.29 is 9.72 Å². The van der Waals surface area contributed by atoms with E-state index in [-0.39, 0.29) is 11.6 Å². The van der Waals surface area contributed by atoms with Gasteiger partial charge in [0.1, 0.15) is 0 Å². The van der Waals surface area contributed by atoms with E-state index in [9.17, 15) is 14.9 Å². The minimum Gasteiger partial charge on any atom is -0.348 e. The average Bonchev–Trinajstić information content (AvgIpc) is 2.45. The fraction of sp³-hybridized carbons (Fsp3) is 0.133. The number of hydrogen-bond acceptors (Lipinski definition) is 3. The zero-order valence-corrected chi connectivity index (χ0v) is 11.0. The summed E-state index contributed by atoms with van der Waals surface area (Å²) in [6.45, 7) is 2.42. The molecule has 1 N–H and O–H groups in total. The fourth-order valence-electron chi connectivity index (χ4n) is 1.84. The van der Waals surface area contributed by atoms with Crippen LogP contribution in [0.15, 0.2) is 48.5 Å². The Labute approximate surface area is 116 Å². The molecule has 5 heteroatoms. The molecule has 0 saturated heterocycles. The lowest BCUT2D eigenvalue weighted by molar-refractivity contribution is -0.384. The van der Waals surface area contributed by atoms with E-state index in [0.29, 0.717) is 12.1 Å². The van der Waals surface area contributed by atoms with Crippen LogP contribution in [0.25, 0.3) is 0 Å². The van der Waals surface area contributed by atoms with Crippen molar-refractivity contribution in [1.29, 1.82) is 0 Å². The summed E-state index contributed by atoms with van der Waals surface area (Å²) in [7, 11) is 0. The minimum atomic E-state index is -0.492. The van der Waals surface area contributed by atoms with Gasteiger partial charge in [0.15, 0.2) is 0 Å². The highest BCUT2D eigenvalue weighted by molar-refractivity contribution is 5.94. The van der Waals surface area contributed by atoms with Gasteiger partial charge in [-0.05, 0) is 24.6 Å². The number of carbonyl (C=O) groups excluding carboxylic acids is 1. The number of benzene rings is 2. The van der Waals surface area contributed by atoms with Gasteiger partial charge in [-0.3, -0.25) is 14.9 Å². The maximum absolute atomic E-state index is 11.9. The van der Waals surface area contributed by atoms with E-state index in [1.165, 1.54) is 24.3 Å². The third-order valence-corrected chi connectivity index (χ3v) is 2.88. The zero-order valence-electron chi connectivity index (χ0n) is 11.0. The van der Waals surface area contributed by atoms with Crippen LogP contribution in [0, 0.1) is 17.0 Å². The molecule has 0 aliphatic rings. The minimum absolute atomic E-state index is 0.0276. The molecule has 2 aromatic carbocycles. The van der Waals surface area contributed by atoms with E-state index in [1.807, 2.05) is 31.2 Å². The van der Waals surface area contributed by atoms with Gasteiger partial charge < -0.3 is 5.32 Å². The molecule has 5 nitrogen and oxygen atoms in total. The number of nitro groups is 1. The Balaban J connectivity index is 1.99. The predicted octanol–water partition coefficient (Wildman–Crippen LogP) is 2.83. The molecule has 0 bridgehead atoms. The molecule has 0 heterocycles. The van der Waals surface area contributed by atoms with Gasteiger partial charge in [0, 0.05) is 24.2 Å². The Morgan fingerprint density at radius 2 is 1.90 bits per heavy atom. The maximum Gasteiger partial charge on any atom is 0.269 e. The van der Waals surface area contributed by atoms with Crippen LogP contribution in [0.5, 0.6) is 0 Å². The Hall–Kier alpha value is -2.69. The molecule has 102 valence electrons. The second kappa shape index (κ2) is 5.97. The number of aryl methyl sites for hydroxylation is 1. The van der Waals surface area contributed by atoms with E-state index in [0.717, 1.165) is 11.1 Å². The summed E-state index contributed by atoms with van der Waals surface area (Å²) in [5.41, 5.74) is 2.52. The summed E-state index contributed by atoms with van der Waals surface area (Å²) in [5.74, 6) is -0.249. The Bertz CT molecular complexity index is 636. The average molecular weight is 270 g/mol. The van der Waals surface area contributed by atoms with Crippen LogP contribution in [-0.4, -0.2) is 10.8 Å². The van der Waals surface area contributed by atoms with E-state index >= 15 is 0 Å². The van der Waals surface area contributed by atoms with Crippen molar-refractivity contribution in [3.8, 4) is 0 Å². The number of non-ortho nitro benzene ring substituents is 1. The summed E-state index contributed by atoms with van der Waals surface area (Å²) < 4.78 is 0. The molecule has 0 saturated carbocycles. The van der Waals surface area contributed by atoms with Gasteiger partial charge in [-0.1, -0.05) is 29.8 Å². The molecule has 0 aliphatic heterocycles. The number of hydrogen-bond donors (Lipinski definition) is 1. The second-order valence-electron chi connectivity index (χ2n) is 4.48. The summed E-state index contributed by atoms with van der Waals surface area (Å²) >= 11 is 0. The highest BCUT2D eigenvalue weighted by atomic mass is 16.6. The Morgan fingerprint density at radius 3 is 2.50 bits per heavy atom. The second-order valence-corrected chi connectivity index (χ2v) is 4.48. The molecule has 0 radical (unpaired) electrons. The standard InChI is InChI=1S/C15H14N2O3/c1-11-3-2-4-12(9-11)10-16-15(18)13-5-7-14(8-6-13)17(19)20/h2-9H,10H2,1H3,(H,16,18). The molecule has 0 spiro atoms. The summed E-state index contributed by atoms with van der Waals surface area (Å²) in [6.07, 6.45) is 0. The third kappa shape index (κ3) is 3.41. The van der Waals surface area contributed by atoms with E-state index in [2.05, 4.69) is 5.32 Å². The maximum atomic E-state index is 11.9. The van der Waals surface area contributed by atoms with Crippen molar-refractivity contribution in [3.05, 3.63) is 75.3 Å². The monoisotopic (exact) mass is 270 g/mol. The molecule has 2 aromatic rings. The number of nitrogens with zero attached hydrogens (tertiary/aromatic N) is 1. The highest BCUT2D eigenvalue weighted by Crippen LogP contribution is 2.12. The SMILES string of the molecule is Cc1cccc(CNC(=O)c2ccc([N+](=O)[O-])cc2)c1. The first kappa shape index (κ1) is 13.7. The molecule has 0 aromatic heterocycles. The van der Waals surface area contributed by atoms with Crippen LogP contribution in [0.1, 0.15) is 21.5 Å². The van der Waals surface area contributed by atoms with Gasteiger partial charge >= 0.3 is 0 Å². The van der Waals surface area contributed by atoms with Crippen molar-refractivity contribution in [2.24, 2.45) is 0 Å². The lowest BCUT2D eigenvalue weighted by Crippen LogP contribution is -2.22. The fourth-order valence-corrected chi connectivity index (χ4v) is 1.84. The first-order valence-corrected chi connectivity index (χ1v) is 6.14. The van der Waals surface area contributed by atoms with Crippen LogP contribution in [-0.2, 0) is 6.54 Å². The lowest BCUT2D eigenvalue weighted by Gasteiger charge is -2.06.